The van der Waals surface area contributed by atoms with E-state index in [0.29, 0.717) is 5.39 Å². The molecule has 0 aliphatic carbocycles. The number of hydrogen-bond donors (Lipinski definition) is 0. The summed E-state index contributed by atoms with van der Waals surface area (Å²) in [6, 6.07) is 5.10. The van der Waals surface area contributed by atoms with Gasteiger partial charge in [-0.25, -0.2) is 14.4 Å². The number of benzene rings is 1. The molecule has 7 nitrogen and oxygen atoms in total. The molecule has 25 heavy (non-hydrogen) atoms. The molecule has 0 bridgehead atoms. The number of fused-ring (bicyclic) bond motifs is 1. The Morgan fingerprint density at radius 3 is 2.60 bits per heavy atom. The predicted octanol–water partition coefficient (Wildman–Crippen LogP) is 2.43. The fourth-order valence-electron chi connectivity index (χ4n) is 2.67. The summed E-state index contributed by atoms with van der Waals surface area (Å²) < 4.78 is 20.0. The minimum absolute atomic E-state index is 0.0338. The van der Waals surface area contributed by atoms with Crippen molar-refractivity contribution in [3.05, 3.63) is 56.1 Å². The summed E-state index contributed by atoms with van der Waals surface area (Å²) >= 11 is 6.38. The van der Waals surface area contributed by atoms with Crippen LogP contribution in [0.4, 0.5) is 0 Å². The van der Waals surface area contributed by atoms with E-state index in [1.807, 2.05) is 6.92 Å². The molecule has 1 atom stereocenters. The number of hydrogen-bond acceptors (Lipinski definition) is 7. The summed E-state index contributed by atoms with van der Waals surface area (Å²) in [5.74, 6) is -2.10. The van der Waals surface area contributed by atoms with E-state index in [2.05, 4.69) is 4.74 Å². The molecule has 0 amide bonds. The lowest BCUT2D eigenvalue weighted by molar-refractivity contribution is -0.143. The second-order valence-electron chi connectivity index (χ2n) is 5.34. The first-order valence-corrected chi connectivity index (χ1v) is 7.57. The standard InChI is InChI=1S/C17H13ClO7/c1-7-4-5-9-8(6-7)12(18)10(16(20)24-9)13-11(15(19)23-3)14(22-2)17(21)25-13/h4-6,13H,1-3H3. The number of ether oxygens (including phenoxy) is 3. The number of carbonyl (C=O) groups is 2. The zero-order valence-electron chi connectivity index (χ0n) is 13.5. The minimum atomic E-state index is -1.37. The normalized spacial score (nSPS) is 17.0. The van der Waals surface area contributed by atoms with Gasteiger partial charge in [-0.2, -0.15) is 0 Å². The Labute approximate surface area is 146 Å². The number of aryl methyl sites for hydroxylation is 1. The number of carbonyl (C=O) groups excluding carboxylic acids is 2. The molecule has 0 saturated carbocycles. The van der Waals surface area contributed by atoms with Gasteiger partial charge in [0.1, 0.15) is 16.7 Å². The molecule has 3 rings (SSSR count). The number of rotatable bonds is 3. The van der Waals surface area contributed by atoms with Crippen LogP contribution >= 0.6 is 11.6 Å². The Kier molecular flexibility index (Phi) is 4.26. The Bertz CT molecular complexity index is 986. The van der Waals surface area contributed by atoms with Gasteiger partial charge >= 0.3 is 17.6 Å². The van der Waals surface area contributed by atoms with Gasteiger partial charge in [0.2, 0.25) is 5.76 Å². The van der Waals surface area contributed by atoms with E-state index in [-0.39, 0.29) is 27.5 Å². The van der Waals surface area contributed by atoms with Crippen molar-refractivity contribution in [2.45, 2.75) is 13.0 Å². The van der Waals surface area contributed by atoms with Crippen LogP contribution in [0.5, 0.6) is 0 Å². The van der Waals surface area contributed by atoms with Crippen molar-refractivity contribution in [2.75, 3.05) is 14.2 Å². The largest absolute Gasteiger partial charge is 0.489 e. The molecule has 0 N–H and O–H groups in total. The topological polar surface area (TPSA) is 92.0 Å². The highest BCUT2D eigenvalue weighted by molar-refractivity contribution is 6.36. The van der Waals surface area contributed by atoms with Crippen LogP contribution in [-0.2, 0) is 23.8 Å². The highest BCUT2D eigenvalue weighted by atomic mass is 35.5. The van der Waals surface area contributed by atoms with Gasteiger partial charge in [0.15, 0.2) is 6.10 Å². The van der Waals surface area contributed by atoms with Crippen LogP contribution in [0.15, 0.2) is 38.7 Å². The van der Waals surface area contributed by atoms with Crippen molar-refractivity contribution in [1.82, 2.24) is 0 Å². The van der Waals surface area contributed by atoms with E-state index in [0.717, 1.165) is 12.7 Å². The first-order chi connectivity index (χ1) is 11.9. The first-order valence-electron chi connectivity index (χ1n) is 7.19. The molecule has 2 heterocycles. The van der Waals surface area contributed by atoms with Crippen molar-refractivity contribution >= 4 is 34.5 Å². The van der Waals surface area contributed by atoms with Gasteiger partial charge < -0.3 is 18.6 Å². The van der Waals surface area contributed by atoms with Crippen LogP contribution < -0.4 is 5.63 Å². The van der Waals surface area contributed by atoms with Crippen molar-refractivity contribution < 1.29 is 28.2 Å². The van der Waals surface area contributed by atoms with E-state index in [1.54, 1.807) is 18.2 Å². The summed E-state index contributed by atoms with van der Waals surface area (Å²) in [5.41, 5.74) is -0.0576. The molecule has 130 valence electrons. The lowest BCUT2D eigenvalue weighted by Gasteiger charge is -2.14. The van der Waals surface area contributed by atoms with E-state index < -0.39 is 23.7 Å². The molecule has 1 aliphatic rings. The number of halogens is 1. The fraction of sp³-hybridized carbons (Fsp3) is 0.235. The summed E-state index contributed by atoms with van der Waals surface area (Å²) in [6.07, 6.45) is -1.37. The second kappa shape index (κ2) is 6.25. The Balaban J connectivity index is 2.29. The Hall–Kier alpha value is -2.80. The molecule has 0 fully saturated rings. The van der Waals surface area contributed by atoms with Crippen LogP contribution in [0.1, 0.15) is 17.2 Å². The quantitative estimate of drug-likeness (QED) is 0.610. The van der Waals surface area contributed by atoms with Crippen molar-refractivity contribution in [1.29, 1.82) is 0 Å². The monoisotopic (exact) mass is 364 g/mol. The van der Waals surface area contributed by atoms with E-state index in [9.17, 15) is 14.4 Å². The van der Waals surface area contributed by atoms with Crippen LogP contribution in [0.25, 0.3) is 11.0 Å². The third-order valence-electron chi connectivity index (χ3n) is 3.82. The number of esters is 2. The van der Waals surface area contributed by atoms with Gasteiger partial charge in [-0.1, -0.05) is 23.2 Å². The average molecular weight is 365 g/mol. The molecule has 2 aromatic rings. The molecular formula is C17H13ClO7. The lowest BCUT2D eigenvalue weighted by atomic mass is 10.0. The molecule has 0 saturated heterocycles. The molecular weight excluding hydrogens is 352 g/mol. The van der Waals surface area contributed by atoms with Crippen molar-refractivity contribution in [3.8, 4) is 0 Å². The highest BCUT2D eigenvalue weighted by Gasteiger charge is 2.44. The molecule has 0 spiro atoms. The van der Waals surface area contributed by atoms with Gasteiger partial charge in [-0.15, -0.1) is 0 Å². The smallest absolute Gasteiger partial charge is 0.375 e. The van der Waals surface area contributed by atoms with Gasteiger partial charge in [-0.05, 0) is 19.1 Å². The van der Waals surface area contributed by atoms with E-state index >= 15 is 0 Å². The number of methoxy groups -OCH3 is 2. The van der Waals surface area contributed by atoms with Gasteiger partial charge in [0.05, 0.1) is 19.2 Å². The second-order valence-corrected chi connectivity index (χ2v) is 5.72. The predicted molar refractivity (Wildman–Crippen MR) is 87.1 cm³/mol. The maximum atomic E-state index is 12.4. The van der Waals surface area contributed by atoms with Crippen molar-refractivity contribution in [2.24, 2.45) is 0 Å². The van der Waals surface area contributed by atoms with Crippen LogP contribution in [-0.4, -0.2) is 26.2 Å². The maximum absolute atomic E-state index is 12.4. The molecule has 1 aromatic heterocycles. The summed E-state index contributed by atoms with van der Waals surface area (Å²) in [4.78, 5) is 36.5. The zero-order chi connectivity index (χ0) is 18.3. The number of cyclic esters (lactones) is 1. The fourth-order valence-corrected chi connectivity index (χ4v) is 2.99. The van der Waals surface area contributed by atoms with Crippen molar-refractivity contribution in [3.63, 3.8) is 0 Å². The van der Waals surface area contributed by atoms with Crippen LogP contribution in [0.3, 0.4) is 0 Å². The van der Waals surface area contributed by atoms with Crippen LogP contribution in [0.2, 0.25) is 5.02 Å². The van der Waals surface area contributed by atoms with Gasteiger partial charge in [0, 0.05) is 5.39 Å². The molecule has 1 aliphatic heterocycles. The van der Waals surface area contributed by atoms with E-state index in [1.165, 1.54) is 7.11 Å². The Morgan fingerprint density at radius 1 is 1.24 bits per heavy atom. The van der Waals surface area contributed by atoms with Gasteiger partial charge in [-0.3, -0.25) is 0 Å². The summed E-state index contributed by atoms with van der Waals surface area (Å²) in [7, 11) is 2.34. The van der Waals surface area contributed by atoms with Gasteiger partial charge in [0.25, 0.3) is 0 Å². The summed E-state index contributed by atoms with van der Waals surface area (Å²) in [5, 5.41) is 0.494. The van der Waals surface area contributed by atoms with Crippen LogP contribution in [0, 0.1) is 6.92 Å². The molecule has 1 unspecified atom stereocenters. The third-order valence-corrected chi connectivity index (χ3v) is 4.23. The third kappa shape index (κ3) is 2.66. The SMILES string of the molecule is COC(=O)C1=C(OC)C(=O)OC1c1c(Cl)c2cc(C)ccc2oc1=O. The average Bonchev–Trinajstić information content (AvgIpc) is 2.91. The summed E-state index contributed by atoms with van der Waals surface area (Å²) in [6.45, 7) is 1.85. The lowest BCUT2D eigenvalue weighted by Crippen LogP contribution is -2.19. The molecule has 0 radical (unpaired) electrons. The highest BCUT2D eigenvalue weighted by Crippen LogP contribution is 2.39. The zero-order valence-corrected chi connectivity index (χ0v) is 14.3. The Morgan fingerprint density at radius 2 is 1.96 bits per heavy atom. The van der Waals surface area contributed by atoms with E-state index in [4.69, 9.17) is 25.5 Å². The molecule has 1 aromatic carbocycles. The molecule has 8 heteroatoms. The minimum Gasteiger partial charge on any atom is -0.489 e. The first kappa shape index (κ1) is 17.0. The maximum Gasteiger partial charge on any atom is 0.375 e.